The fourth-order valence-corrected chi connectivity index (χ4v) is 3.92. The minimum atomic E-state index is -0.0415. The van der Waals surface area contributed by atoms with Crippen LogP contribution in [0.4, 0.5) is 11.4 Å². The second-order valence-electron chi connectivity index (χ2n) is 6.56. The molecule has 3 rings (SSSR count). The number of nitrogens with two attached hydrogens (primary N) is 2. The van der Waals surface area contributed by atoms with Gasteiger partial charge in [0, 0.05) is 5.41 Å². The highest BCUT2D eigenvalue weighted by atomic mass is 35.5. The standard InChI is InChI=1S/C20H26N2O2.ClH/c1-23-18-12-14(6-8-16(18)21)20(10-4-3-5-11-20)15-7-9-17(22)19(13-15)24-2;/h6-9,12-13H,3-5,10-11,21-22H2,1-2H3;1H. The lowest BCUT2D eigenvalue weighted by molar-refractivity contribution is 0.341. The molecule has 0 aromatic heterocycles. The van der Waals surface area contributed by atoms with Crippen LogP contribution in [0.1, 0.15) is 43.2 Å². The molecular formula is C20H27ClN2O2. The average Bonchev–Trinajstić information content (AvgIpc) is 2.63. The fraction of sp³-hybridized carbons (Fsp3) is 0.400. The van der Waals surface area contributed by atoms with Crippen LogP contribution in [0.15, 0.2) is 36.4 Å². The molecule has 0 saturated heterocycles. The smallest absolute Gasteiger partial charge is 0.142 e. The third-order valence-corrected chi connectivity index (χ3v) is 5.28. The number of hydrogen-bond acceptors (Lipinski definition) is 4. The third-order valence-electron chi connectivity index (χ3n) is 5.28. The largest absolute Gasteiger partial charge is 0.495 e. The van der Waals surface area contributed by atoms with Gasteiger partial charge < -0.3 is 20.9 Å². The van der Waals surface area contributed by atoms with Gasteiger partial charge in [0.15, 0.2) is 0 Å². The molecule has 1 aliphatic rings. The van der Waals surface area contributed by atoms with Gasteiger partial charge in [0.25, 0.3) is 0 Å². The average molecular weight is 363 g/mol. The Morgan fingerprint density at radius 1 is 0.760 bits per heavy atom. The minimum Gasteiger partial charge on any atom is -0.495 e. The predicted molar refractivity (Wildman–Crippen MR) is 106 cm³/mol. The molecule has 5 heteroatoms. The van der Waals surface area contributed by atoms with Crippen LogP contribution in [0, 0.1) is 0 Å². The molecule has 0 atom stereocenters. The molecule has 0 radical (unpaired) electrons. The summed E-state index contributed by atoms with van der Waals surface area (Å²) in [5.74, 6) is 1.47. The molecule has 0 bridgehead atoms. The van der Waals surface area contributed by atoms with Gasteiger partial charge in [0.1, 0.15) is 11.5 Å². The van der Waals surface area contributed by atoms with E-state index in [2.05, 4.69) is 24.3 Å². The fourth-order valence-electron chi connectivity index (χ4n) is 3.92. The summed E-state index contributed by atoms with van der Waals surface area (Å²) in [6.45, 7) is 0. The molecule has 0 heterocycles. The van der Waals surface area contributed by atoms with E-state index < -0.39 is 0 Å². The highest BCUT2D eigenvalue weighted by molar-refractivity contribution is 5.85. The van der Waals surface area contributed by atoms with E-state index in [0.717, 1.165) is 24.3 Å². The van der Waals surface area contributed by atoms with Crippen molar-refractivity contribution < 1.29 is 9.47 Å². The highest BCUT2D eigenvalue weighted by Crippen LogP contribution is 2.47. The van der Waals surface area contributed by atoms with E-state index in [1.807, 2.05) is 12.1 Å². The molecule has 0 aliphatic heterocycles. The van der Waals surface area contributed by atoms with Crippen molar-refractivity contribution in [2.45, 2.75) is 37.5 Å². The van der Waals surface area contributed by atoms with Gasteiger partial charge in [-0.05, 0) is 48.2 Å². The summed E-state index contributed by atoms with van der Waals surface area (Å²) in [4.78, 5) is 0. The second kappa shape index (κ2) is 7.87. The lowest BCUT2D eigenvalue weighted by Crippen LogP contribution is -2.30. The zero-order valence-corrected chi connectivity index (χ0v) is 15.7. The number of nitrogen functional groups attached to an aromatic ring is 2. The summed E-state index contributed by atoms with van der Waals surface area (Å²) in [7, 11) is 3.32. The summed E-state index contributed by atoms with van der Waals surface area (Å²) < 4.78 is 10.9. The van der Waals surface area contributed by atoms with Gasteiger partial charge >= 0.3 is 0 Å². The topological polar surface area (TPSA) is 70.5 Å². The van der Waals surface area contributed by atoms with Crippen molar-refractivity contribution in [2.24, 2.45) is 0 Å². The molecule has 4 N–H and O–H groups in total. The minimum absolute atomic E-state index is 0. The van der Waals surface area contributed by atoms with Gasteiger partial charge in [0.2, 0.25) is 0 Å². The maximum Gasteiger partial charge on any atom is 0.142 e. The normalized spacial score (nSPS) is 15.9. The zero-order chi connectivity index (χ0) is 17.2. The Labute approximate surface area is 155 Å². The van der Waals surface area contributed by atoms with Crippen molar-refractivity contribution in [3.05, 3.63) is 47.5 Å². The number of rotatable bonds is 4. The van der Waals surface area contributed by atoms with Crippen molar-refractivity contribution in [1.29, 1.82) is 0 Å². The Balaban J connectivity index is 0.00000225. The van der Waals surface area contributed by atoms with Crippen LogP contribution in [0.5, 0.6) is 11.5 Å². The molecule has 136 valence electrons. The Bertz CT molecular complexity index is 672. The molecular weight excluding hydrogens is 336 g/mol. The van der Waals surface area contributed by atoms with E-state index >= 15 is 0 Å². The van der Waals surface area contributed by atoms with Crippen LogP contribution in [0.3, 0.4) is 0 Å². The molecule has 1 fully saturated rings. The van der Waals surface area contributed by atoms with E-state index in [1.165, 1.54) is 30.4 Å². The maximum absolute atomic E-state index is 6.02. The van der Waals surface area contributed by atoms with E-state index in [4.69, 9.17) is 20.9 Å². The molecule has 1 saturated carbocycles. The molecule has 0 spiro atoms. The lowest BCUT2D eigenvalue weighted by atomic mass is 9.65. The van der Waals surface area contributed by atoms with Crippen molar-refractivity contribution in [3.63, 3.8) is 0 Å². The van der Waals surface area contributed by atoms with Crippen molar-refractivity contribution in [1.82, 2.24) is 0 Å². The van der Waals surface area contributed by atoms with Gasteiger partial charge in [-0.1, -0.05) is 31.4 Å². The molecule has 2 aromatic carbocycles. The first kappa shape index (κ1) is 19.3. The van der Waals surface area contributed by atoms with E-state index in [9.17, 15) is 0 Å². The van der Waals surface area contributed by atoms with Crippen LogP contribution in [0.2, 0.25) is 0 Å². The Hall–Kier alpha value is -2.07. The van der Waals surface area contributed by atoms with Gasteiger partial charge in [-0.15, -0.1) is 12.4 Å². The van der Waals surface area contributed by atoms with Crippen LogP contribution >= 0.6 is 12.4 Å². The number of anilines is 2. The molecule has 1 aliphatic carbocycles. The van der Waals surface area contributed by atoms with Crippen molar-refractivity contribution in [3.8, 4) is 11.5 Å². The Kier molecular flexibility index (Phi) is 6.07. The Morgan fingerprint density at radius 2 is 1.20 bits per heavy atom. The van der Waals surface area contributed by atoms with Crippen LogP contribution in [-0.2, 0) is 5.41 Å². The second-order valence-corrected chi connectivity index (χ2v) is 6.56. The lowest BCUT2D eigenvalue weighted by Gasteiger charge is -2.39. The monoisotopic (exact) mass is 362 g/mol. The summed E-state index contributed by atoms with van der Waals surface area (Å²) >= 11 is 0. The van der Waals surface area contributed by atoms with E-state index in [1.54, 1.807) is 14.2 Å². The summed E-state index contributed by atoms with van der Waals surface area (Å²) in [6.07, 6.45) is 5.90. The molecule has 0 amide bonds. The number of benzene rings is 2. The van der Waals surface area contributed by atoms with Crippen LogP contribution in [-0.4, -0.2) is 14.2 Å². The highest BCUT2D eigenvalue weighted by Gasteiger charge is 2.36. The number of hydrogen-bond donors (Lipinski definition) is 2. The zero-order valence-electron chi connectivity index (χ0n) is 14.9. The predicted octanol–water partition coefficient (Wildman–Crippen LogP) is 4.54. The molecule has 2 aromatic rings. The third kappa shape index (κ3) is 3.49. The first-order valence-corrected chi connectivity index (χ1v) is 8.49. The van der Waals surface area contributed by atoms with Gasteiger partial charge in [-0.3, -0.25) is 0 Å². The summed E-state index contributed by atoms with van der Waals surface area (Å²) in [5.41, 5.74) is 15.8. The number of ether oxygens (including phenoxy) is 2. The first-order valence-electron chi connectivity index (χ1n) is 8.49. The Morgan fingerprint density at radius 3 is 1.60 bits per heavy atom. The van der Waals surface area contributed by atoms with E-state index in [-0.39, 0.29) is 17.8 Å². The van der Waals surface area contributed by atoms with Gasteiger partial charge in [-0.2, -0.15) is 0 Å². The van der Waals surface area contributed by atoms with Gasteiger partial charge in [0.05, 0.1) is 25.6 Å². The van der Waals surface area contributed by atoms with Crippen LogP contribution in [0.25, 0.3) is 0 Å². The first-order chi connectivity index (χ1) is 11.6. The summed E-state index contributed by atoms with van der Waals surface area (Å²) in [5, 5.41) is 0. The molecule has 4 nitrogen and oxygen atoms in total. The maximum atomic E-state index is 6.02. The van der Waals surface area contributed by atoms with E-state index in [0.29, 0.717) is 11.4 Å². The van der Waals surface area contributed by atoms with Crippen molar-refractivity contribution >= 4 is 23.8 Å². The summed E-state index contributed by atoms with van der Waals surface area (Å²) in [6, 6.07) is 12.3. The quantitative estimate of drug-likeness (QED) is 0.783. The molecule has 0 unspecified atom stereocenters. The SMILES string of the molecule is COc1cc(C2(c3ccc(N)c(OC)c3)CCCCC2)ccc1N.Cl. The number of methoxy groups -OCH3 is 2. The van der Waals surface area contributed by atoms with Crippen molar-refractivity contribution in [2.75, 3.05) is 25.7 Å². The number of halogens is 1. The molecule has 25 heavy (non-hydrogen) atoms. The van der Waals surface area contributed by atoms with Gasteiger partial charge in [-0.25, -0.2) is 0 Å². The van der Waals surface area contributed by atoms with Crippen LogP contribution < -0.4 is 20.9 Å².